The molecule has 0 bridgehead atoms. The highest BCUT2D eigenvalue weighted by Gasteiger charge is 2.27. The van der Waals surface area contributed by atoms with E-state index in [9.17, 15) is 8.42 Å². The number of fused-ring (bicyclic) bond motifs is 1. The van der Waals surface area contributed by atoms with Gasteiger partial charge in [0.05, 0.1) is 4.90 Å². The zero-order valence-electron chi connectivity index (χ0n) is 12.1. The first-order chi connectivity index (χ1) is 10.5. The molecule has 1 heterocycles. The molecule has 6 heteroatoms. The van der Waals surface area contributed by atoms with Crippen molar-refractivity contribution in [1.82, 2.24) is 4.31 Å². The van der Waals surface area contributed by atoms with Crippen LogP contribution in [0.5, 0.6) is 5.75 Å². The monoisotopic (exact) mass is 337 g/mol. The molecule has 0 atom stereocenters. The van der Waals surface area contributed by atoms with Crippen LogP contribution in [-0.2, 0) is 16.6 Å². The lowest BCUT2D eigenvalue weighted by atomic mass is 10.2. The van der Waals surface area contributed by atoms with Crippen LogP contribution in [0.25, 0.3) is 0 Å². The van der Waals surface area contributed by atoms with E-state index < -0.39 is 10.0 Å². The van der Waals surface area contributed by atoms with Crippen molar-refractivity contribution in [2.45, 2.75) is 18.4 Å². The molecule has 0 amide bonds. The second-order valence-electron chi connectivity index (χ2n) is 5.21. The Morgan fingerprint density at radius 2 is 1.95 bits per heavy atom. The van der Waals surface area contributed by atoms with Crippen molar-refractivity contribution >= 4 is 21.6 Å². The van der Waals surface area contributed by atoms with Gasteiger partial charge in [-0.2, -0.15) is 4.31 Å². The molecule has 0 saturated carbocycles. The molecule has 0 unspecified atom stereocenters. The van der Waals surface area contributed by atoms with Crippen LogP contribution in [0, 0.1) is 6.92 Å². The predicted octanol–water partition coefficient (Wildman–Crippen LogP) is 3.23. The van der Waals surface area contributed by atoms with Crippen molar-refractivity contribution in [3.63, 3.8) is 0 Å². The number of sulfonamides is 1. The van der Waals surface area contributed by atoms with E-state index in [-0.39, 0.29) is 4.90 Å². The number of halogens is 1. The number of hydrogen-bond acceptors (Lipinski definition) is 3. The highest BCUT2D eigenvalue weighted by molar-refractivity contribution is 7.89. The Kier molecular flexibility index (Phi) is 4.12. The Hall–Kier alpha value is -1.56. The molecule has 0 fully saturated rings. The van der Waals surface area contributed by atoms with Gasteiger partial charge in [0.2, 0.25) is 10.0 Å². The topological polar surface area (TPSA) is 46.6 Å². The molecule has 0 aliphatic carbocycles. The fourth-order valence-electron chi connectivity index (χ4n) is 2.39. The standard InChI is InChI=1S/C16H16ClNO3S/c1-12-6-7-14(10-15(12)17)22(19,20)18-8-9-21-16-5-3-2-4-13(16)11-18/h2-7,10H,8-9,11H2,1H3. The summed E-state index contributed by atoms with van der Waals surface area (Å²) in [6.45, 7) is 2.77. The minimum absolute atomic E-state index is 0.211. The lowest BCUT2D eigenvalue weighted by Crippen LogP contribution is -2.32. The van der Waals surface area contributed by atoms with Crippen LogP contribution >= 0.6 is 11.6 Å². The molecular formula is C16H16ClNO3S. The van der Waals surface area contributed by atoms with Crippen LogP contribution in [0.2, 0.25) is 5.02 Å². The normalized spacial score (nSPS) is 15.7. The summed E-state index contributed by atoms with van der Waals surface area (Å²) < 4.78 is 32.7. The molecule has 116 valence electrons. The molecular weight excluding hydrogens is 322 g/mol. The van der Waals surface area contributed by atoms with Gasteiger partial charge >= 0.3 is 0 Å². The van der Waals surface area contributed by atoms with Crippen molar-refractivity contribution in [1.29, 1.82) is 0 Å². The zero-order valence-corrected chi connectivity index (χ0v) is 13.7. The Balaban J connectivity index is 1.97. The lowest BCUT2D eigenvalue weighted by Gasteiger charge is -2.20. The van der Waals surface area contributed by atoms with Gasteiger partial charge in [0.15, 0.2) is 0 Å². The van der Waals surface area contributed by atoms with Gasteiger partial charge in [-0.05, 0) is 30.7 Å². The number of ether oxygens (including phenoxy) is 1. The highest BCUT2D eigenvalue weighted by Crippen LogP contribution is 2.28. The van der Waals surface area contributed by atoms with Gasteiger partial charge in [-0.25, -0.2) is 8.42 Å². The summed E-state index contributed by atoms with van der Waals surface area (Å²) in [7, 11) is -3.60. The quantitative estimate of drug-likeness (QED) is 0.845. The third-order valence-corrected chi connectivity index (χ3v) is 5.95. The Morgan fingerprint density at radius 3 is 2.73 bits per heavy atom. The molecule has 0 aromatic heterocycles. The number of nitrogens with zero attached hydrogens (tertiary/aromatic N) is 1. The third kappa shape index (κ3) is 2.84. The van der Waals surface area contributed by atoms with Crippen molar-refractivity contribution in [3.05, 3.63) is 58.6 Å². The first-order valence-corrected chi connectivity index (χ1v) is 8.77. The molecule has 0 radical (unpaired) electrons. The van der Waals surface area contributed by atoms with Gasteiger partial charge in [-0.1, -0.05) is 35.9 Å². The van der Waals surface area contributed by atoms with Gasteiger partial charge in [-0.3, -0.25) is 0 Å². The van der Waals surface area contributed by atoms with E-state index in [2.05, 4.69) is 0 Å². The summed E-state index contributed by atoms with van der Waals surface area (Å²) in [4.78, 5) is 0.211. The van der Waals surface area contributed by atoms with E-state index in [4.69, 9.17) is 16.3 Å². The minimum Gasteiger partial charge on any atom is -0.492 e. The largest absolute Gasteiger partial charge is 0.492 e. The third-order valence-electron chi connectivity index (χ3n) is 3.70. The SMILES string of the molecule is Cc1ccc(S(=O)(=O)N2CCOc3ccccc3C2)cc1Cl. The lowest BCUT2D eigenvalue weighted by molar-refractivity contribution is 0.293. The predicted molar refractivity (Wildman–Crippen MR) is 85.7 cm³/mol. The highest BCUT2D eigenvalue weighted by atomic mass is 35.5. The first kappa shape index (κ1) is 15.3. The fourth-order valence-corrected chi connectivity index (χ4v) is 4.06. The number of aryl methyl sites for hydroxylation is 1. The van der Waals surface area contributed by atoms with Crippen molar-refractivity contribution in [3.8, 4) is 5.75 Å². The maximum Gasteiger partial charge on any atom is 0.243 e. The van der Waals surface area contributed by atoms with Crippen LogP contribution in [0.15, 0.2) is 47.4 Å². The van der Waals surface area contributed by atoms with Crippen LogP contribution in [0.3, 0.4) is 0 Å². The smallest absolute Gasteiger partial charge is 0.243 e. The molecule has 3 rings (SSSR count). The zero-order chi connectivity index (χ0) is 15.7. The van der Waals surface area contributed by atoms with Crippen LogP contribution in [0.4, 0.5) is 0 Å². The molecule has 0 N–H and O–H groups in total. The maximum atomic E-state index is 12.8. The summed E-state index contributed by atoms with van der Waals surface area (Å²) in [5.41, 5.74) is 1.71. The van der Waals surface area contributed by atoms with Gasteiger partial charge < -0.3 is 4.74 Å². The van der Waals surface area contributed by atoms with Crippen molar-refractivity contribution < 1.29 is 13.2 Å². The molecule has 22 heavy (non-hydrogen) atoms. The summed E-state index contributed by atoms with van der Waals surface area (Å²) in [6, 6.07) is 12.3. The van der Waals surface area contributed by atoms with Crippen LogP contribution in [0.1, 0.15) is 11.1 Å². The average Bonchev–Trinajstić information content (AvgIpc) is 2.72. The molecule has 2 aromatic rings. The summed E-state index contributed by atoms with van der Waals surface area (Å²) >= 11 is 6.06. The first-order valence-electron chi connectivity index (χ1n) is 6.95. The van der Waals surface area contributed by atoms with Crippen molar-refractivity contribution in [2.75, 3.05) is 13.2 Å². The summed E-state index contributed by atoms with van der Waals surface area (Å²) in [6.07, 6.45) is 0. The van der Waals surface area contributed by atoms with Gasteiger partial charge in [0.1, 0.15) is 12.4 Å². The number of benzene rings is 2. The minimum atomic E-state index is -3.60. The van der Waals surface area contributed by atoms with Crippen LogP contribution < -0.4 is 4.74 Å². The molecule has 1 aliphatic heterocycles. The molecule has 1 aliphatic rings. The van der Waals surface area contributed by atoms with E-state index in [1.54, 1.807) is 12.1 Å². The number of hydrogen-bond donors (Lipinski definition) is 0. The Morgan fingerprint density at radius 1 is 1.18 bits per heavy atom. The van der Waals surface area contributed by atoms with E-state index in [1.165, 1.54) is 10.4 Å². The fraction of sp³-hybridized carbons (Fsp3) is 0.250. The van der Waals surface area contributed by atoms with E-state index in [0.29, 0.717) is 24.7 Å². The van der Waals surface area contributed by atoms with Crippen LogP contribution in [-0.4, -0.2) is 25.9 Å². The molecule has 4 nitrogen and oxygen atoms in total. The Bertz CT molecular complexity index is 805. The van der Waals surface area contributed by atoms with Gasteiger partial charge in [0.25, 0.3) is 0 Å². The van der Waals surface area contributed by atoms with E-state index in [0.717, 1.165) is 16.9 Å². The Labute approximate surface area is 135 Å². The molecule has 0 saturated heterocycles. The number of rotatable bonds is 2. The van der Waals surface area contributed by atoms with Gasteiger partial charge in [-0.15, -0.1) is 0 Å². The summed E-state index contributed by atoms with van der Waals surface area (Å²) in [5, 5.41) is 0.451. The molecule has 0 spiro atoms. The second kappa shape index (κ2) is 5.91. The van der Waals surface area contributed by atoms with Crippen molar-refractivity contribution in [2.24, 2.45) is 0 Å². The number of para-hydroxylation sites is 1. The van der Waals surface area contributed by atoms with Gasteiger partial charge in [0, 0.05) is 23.7 Å². The second-order valence-corrected chi connectivity index (χ2v) is 7.55. The van der Waals surface area contributed by atoms with E-state index >= 15 is 0 Å². The summed E-state index contributed by atoms with van der Waals surface area (Å²) in [5.74, 6) is 0.738. The van der Waals surface area contributed by atoms with E-state index in [1.807, 2.05) is 31.2 Å². The molecule has 2 aromatic carbocycles. The average molecular weight is 338 g/mol. The maximum absolute atomic E-state index is 12.8.